The van der Waals surface area contributed by atoms with Gasteiger partial charge in [0.15, 0.2) is 6.61 Å². The number of nitriles is 1. The Kier molecular flexibility index (Phi) is 6.58. The summed E-state index contributed by atoms with van der Waals surface area (Å²) in [5.41, 5.74) is 0.764. The van der Waals surface area contributed by atoms with Crippen molar-refractivity contribution in [2.75, 3.05) is 6.61 Å². The lowest BCUT2D eigenvalue weighted by molar-refractivity contribution is -0.159. The molecule has 3 atom stereocenters. The fourth-order valence-corrected chi connectivity index (χ4v) is 3.34. The highest BCUT2D eigenvalue weighted by molar-refractivity contribution is 5.90. The highest BCUT2D eigenvalue weighted by Gasteiger charge is 2.33. The Hall–Kier alpha value is -2.35. The van der Waals surface area contributed by atoms with Crippen molar-refractivity contribution in [2.45, 2.75) is 46.1 Å². The summed E-state index contributed by atoms with van der Waals surface area (Å²) in [6.45, 7) is 6.07. The van der Waals surface area contributed by atoms with Crippen molar-refractivity contribution in [1.82, 2.24) is 0 Å². The van der Waals surface area contributed by atoms with Crippen LogP contribution in [0.25, 0.3) is 0 Å². The van der Waals surface area contributed by atoms with Gasteiger partial charge in [0.2, 0.25) is 0 Å². The number of ether oxygens (including phenoxy) is 2. The second-order valence-electron chi connectivity index (χ2n) is 7.12. The molecule has 1 aromatic rings. The molecule has 1 aromatic carbocycles. The molecule has 0 aromatic heterocycles. The van der Waals surface area contributed by atoms with Gasteiger partial charge in [-0.1, -0.05) is 27.2 Å². The van der Waals surface area contributed by atoms with Crippen LogP contribution in [0.4, 0.5) is 0 Å². The summed E-state index contributed by atoms with van der Waals surface area (Å²) >= 11 is 0. The number of carbonyl (C=O) groups is 2. The average Bonchev–Trinajstić information content (AvgIpc) is 2.59. The van der Waals surface area contributed by atoms with Crippen molar-refractivity contribution in [3.8, 4) is 6.07 Å². The molecule has 1 fully saturated rings. The van der Waals surface area contributed by atoms with Gasteiger partial charge in [-0.25, -0.2) is 9.59 Å². The molecule has 0 amide bonds. The molecular formula is C20H25NO4. The van der Waals surface area contributed by atoms with E-state index < -0.39 is 18.5 Å². The van der Waals surface area contributed by atoms with Gasteiger partial charge in [0.1, 0.15) is 6.10 Å². The third-order valence-corrected chi connectivity index (χ3v) is 4.81. The van der Waals surface area contributed by atoms with Crippen LogP contribution in [0.2, 0.25) is 0 Å². The van der Waals surface area contributed by atoms with Crippen LogP contribution in [0.15, 0.2) is 24.3 Å². The fraction of sp³-hybridized carbons (Fsp3) is 0.550. The normalized spacial score (nSPS) is 22.9. The zero-order valence-electron chi connectivity index (χ0n) is 15.0. The van der Waals surface area contributed by atoms with Crippen LogP contribution >= 0.6 is 0 Å². The van der Waals surface area contributed by atoms with E-state index in [1.165, 1.54) is 24.3 Å². The molecule has 1 saturated carbocycles. The van der Waals surface area contributed by atoms with Crippen LogP contribution in [0.1, 0.15) is 56.0 Å². The summed E-state index contributed by atoms with van der Waals surface area (Å²) in [5.74, 6) is 0.237. The minimum Gasteiger partial charge on any atom is -0.460 e. The fourth-order valence-electron chi connectivity index (χ4n) is 3.34. The number of hydrogen-bond donors (Lipinski definition) is 0. The van der Waals surface area contributed by atoms with Gasteiger partial charge in [-0.15, -0.1) is 0 Å². The van der Waals surface area contributed by atoms with Crippen LogP contribution in [-0.2, 0) is 14.3 Å². The summed E-state index contributed by atoms with van der Waals surface area (Å²) in [7, 11) is 0. The highest BCUT2D eigenvalue weighted by atomic mass is 16.6. The first-order valence-corrected chi connectivity index (χ1v) is 8.77. The van der Waals surface area contributed by atoms with Gasteiger partial charge in [-0.2, -0.15) is 5.26 Å². The Labute approximate surface area is 148 Å². The van der Waals surface area contributed by atoms with Crippen LogP contribution in [0, 0.1) is 29.1 Å². The molecule has 0 radical (unpaired) electrons. The topological polar surface area (TPSA) is 76.4 Å². The largest absolute Gasteiger partial charge is 0.460 e. The number of benzene rings is 1. The summed E-state index contributed by atoms with van der Waals surface area (Å²) < 4.78 is 10.6. The number of esters is 2. The first kappa shape index (κ1) is 19.0. The molecule has 0 unspecified atom stereocenters. The van der Waals surface area contributed by atoms with Crippen molar-refractivity contribution in [1.29, 1.82) is 5.26 Å². The van der Waals surface area contributed by atoms with Gasteiger partial charge in [0, 0.05) is 0 Å². The van der Waals surface area contributed by atoms with E-state index in [9.17, 15) is 9.59 Å². The molecular weight excluding hydrogens is 318 g/mol. The van der Waals surface area contributed by atoms with Gasteiger partial charge in [0.25, 0.3) is 0 Å². The molecule has 25 heavy (non-hydrogen) atoms. The van der Waals surface area contributed by atoms with Crippen LogP contribution < -0.4 is 0 Å². The van der Waals surface area contributed by atoms with E-state index in [4.69, 9.17) is 14.7 Å². The van der Waals surface area contributed by atoms with Gasteiger partial charge in [0.05, 0.1) is 17.2 Å². The van der Waals surface area contributed by atoms with E-state index in [1.54, 1.807) is 0 Å². The number of hydrogen-bond acceptors (Lipinski definition) is 5. The zero-order valence-corrected chi connectivity index (χ0v) is 15.0. The molecule has 5 heteroatoms. The van der Waals surface area contributed by atoms with E-state index in [0.717, 1.165) is 19.3 Å². The maximum Gasteiger partial charge on any atom is 0.344 e. The van der Waals surface area contributed by atoms with Crippen LogP contribution in [0.5, 0.6) is 0 Å². The third-order valence-electron chi connectivity index (χ3n) is 4.81. The van der Waals surface area contributed by atoms with Gasteiger partial charge < -0.3 is 9.47 Å². The third kappa shape index (κ3) is 5.32. The van der Waals surface area contributed by atoms with Gasteiger partial charge in [-0.3, -0.25) is 0 Å². The van der Waals surface area contributed by atoms with Crippen molar-refractivity contribution in [2.24, 2.45) is 17.8 Å². The van der Waals surface area contributed by atoms with E-state index in [0.29, 0.717) is 28.9 Å². The minimum atomic E-state index is -0.598. The number of carbonyl (C=O) groups excluding carboxylic acids is 2. The van der Waals surface area contributed by atoms with Gasteiger partial charge in [-0.05, 0) is 54.9 Å². The van der Waals surface area contributed by atoms with Crippen molar-refractivity contribution < 1.29 is 19.1 Å². The standard InChI is InChI=1S/C20H25NO4/c1-13(2)17-9-4-14(3)10-18(17)25-19(22)12-24-20(23)16-7-5-15(11-21)6-8-16/h5-8,13-14,17-18H,4,9-10,12H2,1-3H3/t14-,17+,18+/m0/s1. The first-order chi connectivity index (χ1) is 11.9. The van der Waals surface area contributed by atoms with Crippen molar-refractivity contribution in [3.63, 3.8) is 0 Å². The quantitative estimate of drug-likeness (QED) is 0.762. The zero-order chi connectivity index (χ0) is 18.4. The molecule has 1 aliphatic rings. The van der Waals surface area contributed by atoms with Crippen LogP contribution in [-0.4, -0.2) is 24.6 Å². The molecule has 0 spiro atoms. The summed E-state index contributed by atoms with van der Waals surface area (Å²) in [6.07, 6.45) is 2.97. The number of rotatable bonds is 5. The van der Waals surface area contributed by atoms with E-state index >= 15 is 0 Å². The minimum absolute atomic E-state index is 0.107. The van der Waals surface area contributed by atoms with E-state index in [-0.39, 0.29) is 6.10 Å². The molecule has 0 saturated heterocycles. The highest BCUT2D eigenvalue weighted by Crippen LogP contribution is 2.35. The summed E-state index contributed by atoms with van der Waals surface area (Å²) in [5, 5.41) is 8.75. The van der Waals surface area contributed by atoms with E-state index in [2.05, 4.69) is 20.8 Å². The maximum atomic E-state index is 12.1. The van der Waals surface area contributed by atoms with Crippen molar-refractivity contribution in [3.05, 3.63) is 35.4 Å². The molecule has 0 N–H and O–H groups in total. The Morgan fingerprint density at radius 2 is 1.92 bits per heavy atom. The second kappa shape index (κ2) is 8.66. The first-order valence-electron chi connectivity index (χ1n) is 8.77. The van der Waals surface area contributed by atoms with E-state index in [1.807, 2.05) is 6.07 Å². The average molecular weight is 343 g/mol. The van der Waals surface area contributed by atoms with Gasteiger partial charge >= 0.3 is 11.9 Å². The molecule has 0 bridgehead atoms. The lowest BCUT2D eigenvalue weighted by Gasteiger charge is -2.36. The molecule has 134 valence electrons. The SMILES string of the molecule is CC(C)[C@H]1CC[C@H](C)C[C@H]1OC(=O)COC(=O)c1ccc(C#N)cc1. The monoisotopic (exact) mass is 343 g/mol. The lowest BCUT2D eigenvalue weighted by atomic mass is 9.75. The Morgan fingerprint density at radius 1 is 1.24 bits per heavy atom. The smallest absolute Gasteiger partial charge is 0.344 e. The Morgan fingerprint density at radius 3 is 2.52 bits per heavy atom. The molecule has 0 heterocycles. The van der Waals surface area contributed by atoms with Crippen molar-refractivity contribution >= 4 is 11.9 Å². The molecule has 0 aliphatic heterocycles. The number of nitrogens with zero attached hydrogens (tertiary/aromatic N) is 1. The predicted octanol–water partition coefficient (Wildman–Crippen LogP) is 3.72. The Bertz CT molecular complexity index is 645. The lowest BCUT2D eigenvalue weighted by Crippen LogP contribution is -2.36. The molecule has 5 nitrogen and oxygen atoms in total. The maximum absolute atomic E-state index is 12.1. The summed E-state index contributed by atoms with van der Waals surface area (Å²) in [6, 6.07) is 8.05. The predicted molar refractivity (Wildman–Crippen MR) is 92.7 cm³/mol. The second-order valence-corrected chi connectivity index (χ2v) is 7.12. The molecule has 2 rings (SSSR count). The Balaban J connectivity index is 1.86. The van der Waals surface area contributed by atoms with Crippen LogP contribution in [0.3, 0.4) is 0 Å². The molecule has 1 aliphatic carbocycles. The summed E-state index contributed by atoms with van der Waals surface area (Å²) in [4.78, 5) is 24.0.